The highest BCUT2D eigenvalue weighted by atomic mass is 15.2. The number of hydrogen-bond acceptors (Lipinski definition) is 3. The molecular weight excluding hydrogens is 210 g/mol. The molecule has 1 aliphatic heterocycles. The zero-order valence-electron chi connectivity index (χ0n) is 11.1. The van der Waals surface area contributed by atoms with Crippen molar-refractivity contribution in [3.63, 3.8) is 0 Å². The number of nitrogens with one attached hydrogen (secondary N) is 1. The molecule has 1 aromatic rings. The SMILES string of the molecule is CNCc1ccnc(N2CCC(C)CC2C)c1. The van der Waals surface area contributed by atoms with E-state index in [4.69, 9.17) is 0 Å². The third kappa shape index (κ3) is 2.97. The molecule has 3 heteroatoms. The largest absolute Gasteiger partial charge is 0.354 e. The lowest BCUT2D eigenvalue weighted by atomic mass is 9.93. The Kier molecular flexibility index (Phi) is 4.00. The van der Waals surface area contributed by atoms with Gasteiger partial charge in [-0.05, 0) is 50.4 Å². The van der Waals surface area contributed by atoms with Crippen LogP contribution in [-0.4, -0.2) is 24.6 Å². The quantitative estimate of drug-likeness (QED) is 0.869. The molecule has 0 aromatic carbocycles. The van der Waals surface area contributed by atoms with E-state index in [1.165, 1.54) is 18.4 Å². The van der Waals surface area contributed by atoms with Crippen molar-refractivity contribution in [2.75, 3.05) is 18.5 Å². The van der Waals surface area contributed by atoms with Gasteiger partial charge in [-0.1, -0.05) is 6.92 Å². The van der Waals surface area contributed by atoms with Gasteiger partial charge in [0.2, 0.25) is 0 Å². The van der Waals surface area contributed by atoms with Gasteiger partial charge in [-0.3, -0.25) is 0 Å². The van der Waals surface area contributed by atoms with Crippen LogP contribution < -0.4 is 10.2 Å². The van der Waals surface area contributed by atoms with Crippen molar-refractivity contribution in [1.29, 1.82) is 0 Å². The minimum absolute atomic E-state index is 0.607. The molecule has 94 valence electrons. The first-order valence-corrected chi connectivity index (χ1v) is 6.57. The van der Waals surface area contributed by atoms with E-state index in [1.54, 1.807) is 0 Å². The summed E-state index contributed by atoms with van der Waals surface area (Å²) in [5.41, 5.74) is 1.31. The van der Waals surface area contributed by atoms with Crippen molar-refractivity contribution in [2.24, 2.45) is 5.92 Å². The van der Waals surface area contributed by atoms with Gasteiger partial charge < -0.3 is 10.2 Å². The second-order valence-electron chi connectivity index (χ2n) is 5.22. The average Bonchev–Trinajstić information content (AvgIpc) is 2.29. The molecule has 1 N–H and O–H groups in total. The molecule has 0 saturated carbocycles. The van der Waals surface area contributed by atoms with Crippen LogP contribution in [0.4, 0.5) is 5.82 Å². The summed E-state index contributed by atoms with van der Waals surface area (Å²) in [6.45, 7) is 6.70. The number of piperidine rings is 1. The summed E-state index contributed by atoms with van der Waals surface area (Å²) in [5.74, 6) is 1.99. The van der Waals surface area contributed by atoms with Crippen molar-refractivity contribution in [1.82, 2.24) is 10.3 Å². The standard InChI is InChI=1S/C14H23N3/c1-11-5-7-17(12(2)8-11)14-9-13(10-15-3)4-6-16-14/h4,6,9,11-12,15H,5,7-8,10H2,1-3H3. The van der Waals surface area contributed by atoms with E-state index in [2.05, 4.69) is 41.2 Å². The predicted octanol–water partition coefficient (Wildman–Crippen LogP) is 2.43. The van der Waals surface area contributed by atoms with E-state index in [9.17, 15) is 0 Å². The summed E-state index contributed by atoms with van der Waals surface area (Å²) in [6, 6.07) is 4.90. The van der Waals surface area contributed by atoms with Gasteiger partial charge in [-0.15, -0.1) is 0 Å². The van der Waals surface area contributed by atoms with Gasteiger partial charge in [0.15, 0.2) is 0 Å². The normalized spacial score (nSPS) is 25.0. The van der Waals surface area contributed by atoms with E-state index in [0.717, 1.165) is 24.8 Å². The van der Waals surface area contributed by atoms with Crippen LogP contribution in [0.1, 0.15) is 32.3 Å². The van der Waals surface area contributed by atoms with Crippen LogP contribution in [-0.2, 0) is 6.54 Å². The lowest BCUT2D eigenvalue weighted by molar-refractivity contribution is 0.376. The van der Waals surface area contributed by atoms with Gasteiger partial charge >= 0.3 is 0 Å². The third-order valence-electron chi connectivity index (χ3n) is 3.62. The molecule has 2 unspecified atom stereocenters. The fraction of sp³-hybridized carbons (Fsp3) is 0.643. The minimum Gasteiger partial charge on any atom is -0.354 e. The highest BCUT2D eigenvalue weighted by Crippen LogP contribution is 2.26. The number of aromatic nitrogens is 1. The smallest absolute Gasteiger partial charge is 0.129 e. The molecule has 2 atom stereocenters. The van der Waals surface area contributed by atoms with Crippen LogP contribution in [0.5, 0.6) is 0 Å². The van der Waals surface area contributed by atoms with E-state index in [0.29, 0.717) is 6.04 Å². The minimum atomic E-state index is 0.607. The molecule has 0 spiro atoms. The molecule has 1 saturated heterocycles. The van der Waals surface area contributed by atoms with Crippen LogP contribution >= 0.6 is 0 Å². The summed E-state index contributed by atoms with van der Waals surface area (Å²) < 4.78 is 0. The Hall–Kier alpha value is -1.09. The zero-order chi connectivity index (χ0) is 12.3. The number of hydrogen-bond donors (Lipinski definition) is 1. The average molecular weight is 233 g/mol. The van der Waals surface area contributed by atoms with Crippen molar-refractivity contribution < 1.29 is 0 Å². The Morgan fingerprint density at radius 2 is 2.29 bits per heavy atom. The van der Waals surface area contributed by atoms with Crippen molar-refractivity contribution in [3.05, 3.63) is 23.9 Å². The lowest BCUT2D eigenvalue weighted by Gasteiger charge is -2.37. The molecule has 0 bridgehead atoms. The van der Waals surface area contributed by atoms with Crippen molar-refractivity contribution in [3.8, 4) is 0 Å². The number of nitrogens with zero attached hydrogens (tertiary/aromatic N) is 2. The first-order valence-electron chi connectivity index (χ1n) is 6.57. The molecule has 3 nitrogen and oxygen atoms in total. The second-order valence-corrected chi connectivity index (χ2v) is 5.22. The highest BCUT2D eigenvalue weighted by Gasteiger charge is 2.23. The molecule has 2 rings (SSSR count). The van der Waals surface area contributed by atoms with Crippen LogP contribution in [0.25, 0.3) is 0 Å². The molecule has 1 fully saturated rings. The van der Waals surface area contributed by atoms with E-state index >= 15 is 0 Å². The predicted molar refractivity (Wildman–Crippen MR) is 72.2 cm³/mol. The number of rotatable bonds is 3. The first-order chi connectivity index (χ1) is 8.20. The first kappa shape index (κ1) is 12.4. The maximum absolute atomic E-state index is 4.52. The molecule has 17 heavy (non-hydrogen) atoms. The van der Waals surface area contributed by atoms with Gasteiger partial charge in [0, 0.05) is 25.3 Å². The van der Waals surface area contributed by atoms with Crippen LogP contribution in [0.2, 0.25) is 0 Å². The Morgan fingerprint density at radius 1 is 1.47 bits per heavy atom. The van der Waals surface area contributed by atoms with E-state index < -0.39 is 0 Å². The summed E-state index contributed by atoms with van der Waals surface area (Å²) in [5, 5.41) is 3.19. The molecule has 0 amide bonds. The zero-order valence-corrected chi connectivity index (χ0v) is 11.1. The van der Waals surface area contributed by atoms with Crippen LogP contribution in [0, 0.1) is 5.92 Å². The maximum Gasteiger partial charge on any atom is 0.129 e. The Morgan fingerprint density at radius 3 is 3.00 bits per heavy atom. The topological polar surface area (TPSA) is 28.2 Å². The van der Waals surface area contributed by atoms with Gasteiger partial charge in [-0.25, -0.2) is 4.98 Å². The van der Waals surface area contributed by atoms with Crippen molar-refractivity contribution in [2.45, 2.75) is 39.3 Å². The summed E-state index contributed by atoms with van der Waals surface area (Å²) >= 11 is 0. The molecule has 1 aromatic heterocycles. The molecule has 2 heterocycles. The highest BCUT2D eigenvalue weighted by molar-refractivity contribution is 5.42. The number of pyridine rings is 1. The molecule has 0 radical (unpaired) electrons. The third-order valence-corrected chi connectivity index (χ3v) is 3.62. The van der Waals surface area contributed by atoms with Gasteiger partial charge in [-0.2, -0.15) is 0 Å². The summed E-state index contributed by atoms with van der Waals surface area (Å²) in [7, 11) is 1.98. The van der Waals surface area contributed by atoms with E-state index in [-0.39, 0.29) is 0 Å². The van der Waals surface area contributed by atoms with Gasteiger partial charge in [0.05, 0.1) is 0 Å². The summed E-state index contributed by atoms with van der Waals surface area (Å²) in [6.07, 6.45) is 4.48. The lowest BCUT2D eigenvalue weighted by Crippen LogP contribution is -2.40. The molecule has 0 aliphatic carbocycles. The van der Waals surface area contributed by atoms with Gasteiger partial charge in [0.25, 0.3) is 0 Å². The van der Waals surface area contributed by atoms with Gasteiger partial charge in [0.1, 0.15) is 5.82 Å². The Balaban J connectivity index is 2.13. The summed E-state index contributed by atoms with van der Waals surface area (Å²) in [4.78, 5) is 6.96. The fourth-order valence-electron chi connectivity index (χ4n) is 2.68. The van der Waals surface area contributed by atoms with Crippen molar-refractivity contribution >= 4 is 5.82 Å². The molecule has 1 aliphatic rings. The van der Waals surface area contributed by atoms with E-state index in [1.807, 2.05) is 13.2 Å². The fourth-order valence-corrected chi connectivity index (χ4v) is 2.68. The monoisotopic (exact) mass is 233 g/mol. The Bertz CT molecular complexity index is 364. The molecular formula is C14H23N3. The maximum atomic E-state index is 4.52. The van der Waals surface area contributed by atoms with Crippen LogP contribution in [0.15, 0.2) is 18.3 Å². The number of anilines is 1. The van der Waals surface area contributed by atoms with Crippen LogP contribution in [0.3, 0.4) is 0 Å². The second kappa shape index (κ2) is 5.50. The Labute approximate surface area is 104 Å².